The monoisotopic (exact) mass is 314 g/mol. The summed E-state index contributed by atoms with van der Waals surface area (Å²) >= 11 is 0. The van der Waals surface area contributed by atoms with Crippen molar-refractivity contribution in [2.75, 3.05) is 0 Å². The molecule has 2 unspecified atom stereocenters. The average Bonchev–Trinajstić information content (AvgIpc) is 2.70. The normalized spacial score (nSPS) is 23.8. The number of rotatable bonds is 3. The Labute approximate surface area is 143 Å². The van der Waals surface area contributed by atoms with Gasteiger partial charge in [0.1, 0.15) is 0 Å². The first kappa shape index (κ1) is 15.2. The van der Waals surface area contributed by atoms with Crippen LogP contribution in [-0.2, 0) is 4.74 Å². The Bertz CT molecular complexity index is 638. The highest BCUT2D eigenvalue weighted by molar-refractivity contribution is 5.26. The van der Waals surface area contributed by atoms with Gasteiger partial charge in [-0.1, -0.05) is 91.0 Å². The summed E-state index contributed by atoms with van der Waals surface area (Å²) in [4.78, 5) is 0. The van der Waals surface area contributed by atoms with Gasteiger partial charge in [-0.2, -0.15) is 0 Å². The Kier molecular flexibility index (Phi) is 4.44. The first-order valence-electron chi connectivity index (χ1n) is 8.70. The molecule has 0 saturated carbocycles. The summed E-state index contributed by atoms with van der Waals surface area (Å²) in [6.07, 6.45) is 2.38. The summed E-state index contributed by atoms with van der Waals surface area (Å²) in [5.74, 6) is 0.523. The van der Waals surface area contributed by atoms with Gasteiger partial charge >= 0.3 is 0 Å². The van der Waals surface area contributed by atoms with E-state index in [1.54, 1.807) is 0 Å². The van der Waals surface area contributed by atoms with Gasteiger partial charge in [0.2, 0.25) is 0 Å². The topological polar surface area (TPSA) is 9.23 Å². The molecule has 0 aliphatic carbocycles. The van der Waals surface area contributed by atoms with Crippen molar-refractivity contribution in [3.05, 3.63) is 108 Å². The summed E-state index contributed by atoms with van der Waals surface area (Å²) < 4.78 is 6.51. The molecule has 0 radical (unpaired) electrons. The van der Waals surface area contributed by atoms with E-state index in [-0.39, 0.29) is 12.2 Å². The lowest BCUT2D eigenvalue weighted by Gasteiger charge is -2.36. The first-order chi connectivity index (χ1) is 11.9. The summed E-state index contributed by atoms with van der Waals surface area (Å²) in [6, 6.07) is 32.1. The van der Waals surface area contributed by atoms with Gasteiger partial charge in [0, 0.05) is 0 Å². The predicted molar refractivity (Wildman–Crippen MR) is 97.9 cm³/mol. The largest absolute Gasteiger partial charge is 0.366 e. The highest BCUT2D eigenvalue weighted by Gasteiger charge is 2.31. The van der Waals surface area contributed by atoms with Crippen molar-refractivity contribution >= 4 is 0 Å². The fourth-order valence-corrected chi connectivity index (χ4v) is 3.68. The lowest BCUT2D eigenvalue weighted by atomic mass is 9.82. The van der Waals surface area contributed by atoms with E-state index in [9.17, 15) is 0 Å². The standard InChI is InChI=1S/C23H22O/c1-4-10-18(11-5-1)21-16-22(19-12-6-2-7-13-19)24-23(17-21)20-14-8-3-9-15-20/h1-15,21-23H,16-17H2. The molecule has 1 aliphatic rings. The fraction of sp³-hybridized carbons (Fsp3) is 0.217. The van der Waals surface area contributed by atoms with Crippen LogP contribution >= 0.6 is 0 Å². The molecule has 1 saturated heterocycles. The zero-order valence-electron chi connectivity index (χ0n) is 13.7. The van der Waals surface area contributed by atoms with E-state index >= 15 is 0 Å². The highest BCUT2D eigenvalue weighted by atomic mass is 16.5. The molecule has 4 rings (SSSR count). The zero-order valence-corrected chi connectivity index (χ0v) is 13.7. The Balaban J connectivity index is 1.66. The van der Waals surface area contributed by atoms with Crippen molar-refractivity contribution in [1.29, 1.82) is 0 Å². The molecule has 0 spiro atoms. The van der Waals surface area contributed by atoms with E-state index in [0.717, 1.165) is 12.8 Å². The molecule has 0 amide bonds. The van der Waals surface area contributed by atoms with Gasteiger partial charge in [-0.05, 0) is 35.4 Å². The molecule has 1 aliphatic heterocycles. The molecule has 1 heteroatoms. The van der Waals surface area contributed by atoms with Crippen molar-refractivity contribution in [2.45, 2.75) is 31.0 Å². The average molecular weight is 314 g/mol. The first-order valence-corrected chi connectivity index (χ1v) is 8.70. The van der Waals surface area contributed by atoms with Gasteiger partial charge in [-0.15, -0.1) is 0 Å². The van der Waals surface area contributed by atoms with Crippen LogP contribution in [0, 0.1) is 0 Å². The Morgan fingerprint density at radius 3 is 1.29 bits per heavy atom. The van der Waals surface area contributed by atoms with Crippen LogP contribution in [0.15, 0.2) is 91.0 Å². The number of benzene rings is 3. The van der Waals surface area contributed by atoms with Gasteiger partial charge in [0.25, 0.3) is 0 Å². The van der Waals surface area contributed by atoms with E-state index in [1.807, 2.05) is 0 Å². The summed E-state index contributed by atoms with van der Waals surface area (Å²) in [6.45, 7) is 0. The SMILES string of the molecule is c1ccc(C2CC(c3ccccc3)OC(c3ccccc3)C2)cc1. The smallest absolute Gasteiger partial charge is 0.0839 e. The Morgan fingerprint density at radius 1 is 0.500 bits per heavy atom. The fourth-order valence-electron chi connectivity index (χ4n) is 3.68. The van der Waals surface area contributed by atoms with Crippen molar-refractivity contribution in [3.63, 3.8) is 0 Å². The van der Waals surface area contributed by atoms with Crippen LogP contribution in [-0.4, -0.2) is 0 Å². The molecule has 24 heavy (non-hydrogen) atoms. The van der Waals surface area contributed by atoms with Gasteiger partial charge < -0.3 is 4.74 Å². The molecule has 0 bridgehead atoms. The molecule has 2 atom stereocenters. The maximum atomic E-state index is 6.51. The van der Waals surface area contributed by atoms with Crippen molar-refractivity contribution in [1.82, 2.24) is 0 Å². The number of ether oxygens (including phenoxy) is 1. The van der Waals surface area contributed by atoms with Crippen LogP contribution in [0.3, 0.4) is 0 Å². The van der Waals surface area contributed by atoms with Gasteiger partial charge in [-0.3, -0.25) is 0 Å². The van der Waals surface area contributed by atoms with Crippen LogP contribution in [0.25, 0.3) is 0 Å². The molecular formula is C23H22O. The van der Waals surface area contributed by atoms with E-state index in [2.05, 4.69) is 91.0 Å². The molecule has 0 aromatic heterocycles. The molecule has 1 nitrogen and oxygen atoms in total. The van der Waals surface area contributed by atoms with Crippen LogP contribution in [0.4, 0.5) is 0 Å². The highest BCUT2D eigenvalue weighted by Crippen LogP contribution is 2.45. The summed E-state index contributed by atoms with van der Waals surface area (Å²) in [5.41, 5.74) is 3.97. The third kappa shape index (κ3) is 3.27. The third-order valence-corrected chi connectivity index (χ3v) is 4.94. The molecule has 3 aromatic carbocycles. The van der Waals surface area contributed by atoms with E-state index in [4.69, 9.17) is 4.74 Å². The number of hydrogen-bond donors (Lipinski definition) is 0. The van der Waals surface area contributed by atoms with Crippen LogP contribution in [0.5, 0.6) is 0 Å². The second kappa shape index (κ2) is 7.02. The lowest BCUT2D eigenvalue weighted by molar-refractivity contribution is -0.0619. The van der Waals surface area contributed by atoms with E-state index < -0.39 is 0 Å². The lowest BCUT2D eigenvalue weighted by Crippen LogP contribution is -2.22. The molecule has 1 heterocycles. The molecule has 120 valence electrons. The minimum atomic E-state index is 0.148. The van der Waals surface area contributed by atoms with Crippen LogP contribution in [0.1, 0.15) is 47.7 Å². The molecule has 1 fully saturated rings. The van der Waals surface area contributed by atoms with Crippen molar-refractivity contribution in [3.8, 4) is 0 Å². The minimum absolute atomic E-state index is 0.148. The van der Waals surface area contributed by atoms with Gasteiger partial charge in [0.05, 0.1) is 12.2 Å². The Hall–Kier alpha value is -2.38. The summed E-state index contributed by atoms with van der Waals surface area (Å²) in [5, 5.41) is 0. The van der Waals surface area contributed by atoms with Crippen LogP contribution < -0.4 is 0 Å². The second-order valence-electron chi connectivity index (χ2n) is 6.51. The number of hydrogen-bond acceptors (Lipinski definition) is 1. The van der Waals surface area contributed by atoms with Crippen molar-refractivity contribution in [2.24, 2.45) is 0 Å². The van der Waals surface area contributed by atoms with E-state index in [1.165, 1.54) is 16.7 Å². The minimum Gasteiger partial charge on any atom is -0.366 e. The van der Waals surface area contributed by atoms with E-state index in [0.29, 0.717) is 5.92 Å². The molecule has 0 N–H and O–H groups in total. The zero-order chi connectivity index (χ0) is 16.2. The maximum absolute atomic E-state index is 6.51. The van der Waals surface area contributed by atoms with Crippen molar-refractivity contribution < 1.29 is 4.74 Å². The van der Waals surface area contributed by atoms with Crippen LogP contribution in [0.2, 0.25) is 0 Å². The summed E-state index contributed by atoms with van der Waals surface area (Å²) in [7, 11) is 0. The maximum Gasteiger partial charge on any atom is 0.0839 e. The second-order valence-corrected chi connectivity index (χ2v) is 6.51. The Morgan fingerprint density at radius 2 is 0.875 bits per heavy atom. The quantitative estimate of drug-likeness (QED) is 0.570. The van der Waals surface area contributed by atoms with Gasteiger partial charge in [0.15, 0.2) is 0 Å². The molecule has 3 aromatic rings. The molecular weight excluding hydrogens is 292 g/mol. The predicted octanol–water partition coefficient (Wildman–Crippen LogP) is 6.06. The third-order valence-electron chi connectivity index (χ3n) is 4.94. The van der Waals surface area contributed by atoms with Gasteiger partial charge in [-0.25, -0.2) is 0 Å².